The number of ether oxygens (including phenoxy) is 3. The van der Waals surface area contributed by atoms with Crippen LogP contribution in [0, 0.1) is 0 Å². The molecule has 9 nitrogen and oxygen atoms in total. The van der Waals surface area contributed by atoms with Crippen LogP contribution >= 0.6 is 0 Å². The van der Waals surface area contributed by atoms with Gasteiger partial charge in [0.15, 0.2) is 6.10 Å². The first-order chi connectivity index (χ1) is 17.9. The summed E-state index contributed by atoms with van der Waals surface area (Å²) in [6, 6.07) is 0.873. The van der Waals surface area contributed by atoms with Crippen LogP contribution in [0.3, 0.4) is 0 Å². The Morgan fingerprint density at radius 1 is 1.24 bits per heavy atom. The molecule has 38 heavy (non-hydrogen) atoms. The molecule has 0 N–H and O–H groups in total. The molecule has 1 unspecified atom stereocenters. The number of morpholine rings is 1. The van der Waals surface area contributed by atoms with Crippen molar-refractivity contribution >= 4 is 23.0 Å². The van der Waals surface area contributed by atoms with E-state index in [1.807, 2.05) is 0 Å². The summed E-state index contributed by atoms with van der Waals surface area (Å²) in [4.78, 5) is 33.5. The highest BCUT2D eigenvalue weighted by atomic mass is 19.4. The third kappa shape index (κ3) is 6.58. The van der Waals surface area contributed by atoms with Gasteiger partial charge >= 0.3 is 12.3 Å². The second kappa shape index (κ2) is 11.1. The molecule has 2 aliphatic rings. The molecule has 2 aromatic rings. The first-order valence-corrected chi connectivity index (χ1v) is 12.8. The van der Waals surface area contributed by atoms with Crippen LogP contribution in [0.4, 0.5) is 18.0 Å². The summed E-state index contributed by atoms with van der Waals surface area (Å²) in [5.41, 5.74) is -0.871. The van der Waals surface area contributed by atoms with Gasteiger partial charge in [0, 0.05) is 57.2 Å². The molecule has 2 amide bonds. The number of hydrogen-bond acceptors (Lipinski definition) is 6. The number of amides is 2. The average molecular weight is 541 g/mol. The smallest absolute Gasteiger partial charge is 0.417 e. The number of halogens is 3. The second-order valence-electron chi connectivity index (χ2n) is 10.7. The minimum absolute atomic E-state index is 0.00388. The van der Waals surface area contributed by atoms with Gasteiger partial charge < -0.3 is 28.6 Å². The Bertz CT molecular complexity index is 1160. The van der Waals surface area contributed by atoms with Crippen molar-refractivity contribution < 1.29 is 37.0 Å². The van der Waals surface area contributed by atoms with Crippen molar-refractivity contribution in [2.75, 3.05) is 33.4 Å². The highest BCUT2D eigenvalue weighted by Crippen LogP contribution is 2.38. The third-order valence-corrected chi connectivity index (χ3v) is 6.49. The van der Waals surface area contributed by atoms with Crippen LogP contribution in [-0.2, 0) is 38.3 Å². The van der Waals surface area contributed by atoms with Gasteiger partial charge in [-0.1, -0.05) is 0 Å². The molecule has 0 radical (unpaired) electrons. The van der Waals surface area contributed by atoms with Crippen LogP contribution in [0.1, 0.15) is 51.2 Å². The number of alkyl halides is 3. The number of rotatable bonds is 8. The van der Waals surface area contributed by atoms with Gasteiger partial charge in [-0.3, -0.25) is 4.79 Å². The number of hydrogen-bond donors (Lipinski definition) is 0. The van der Waals surface area contributed by atoms with Crippen LogP contribution in [-0.4, -0.2) is 82.5 Å². The summed E-state index contributed by atoms with van der Waals surface area (Å²) in [5.74, 6) is -0.349. The number of methoxy groups -OCH3 is 1. The second-order valence-corrected chi connectivity index (χ2v) is 10.7. The Balaban J connectivity index is 1.61. The van der Waals surface area contributed by atoms with Crippen molar-refractivity contribution in [3.05, 3.63) is 29.6 Å². The Kier molecular flexibility index (Phi) is 8.22. The van der Waals surface area contributed by atoms with E-state index in [2.05, 4.69) is 4.98 Å². The lowest BCUT2D eigenvalue weighted by molar-refractivity contribution is -0.150. The largest absolute Gasteiger partial charge is 0.444 e. The molecular weight excluding hydrogens is 505 g/mol. The van der Waals surface area contributed by atoms with Gasteiger partial charge in [0.05, 0.1) is 18.7 Å². The molecular formula is C26H35F3N4O5. The molecule has 210 valence electrons. The Morgan fingerprint density at radius 3 is 2.61 bits per heavy atom. The van der Waals surface area contributed by atoms with Crippen molar-refractivity contribution in [3.8, 4) is 0 Å². The summed E-state index contributed by atoms with van der Waals surface area (Å²) in [5, 5.41) is -0.00388. The van der Waals surface area contributed by atoms with E-state index in [1.165, 1.54) is 4.90 Å². The first kappa shape index (κ1) is 28.2. The molecule has 12 heteroatoms. The van der Waals surface area contributed by atoms with Gasteiger partial charge in [0.2, 0.25) is 0 Å². The van der Waals surface area contributed by atoms with E-state index in [0.717, 1.165) is 25.1 Å². The van der Waals surface area contributed by atoms with Gasteiger partial charge in [0.1, 0.15) is 11.2 Å². The zero-order valence-electron chi connectivity index (χ0n) is 22.2. The van der Waals surface area contributed by atoms with E-state index in [1.54, 1.807) is 43.5 Å². The monoisotopic (exact) mass is 540 g/mol. The van der Waals surface area contributed by atoms with Crippen LogP contribution in [0.5, 0.6) is 0 Å². The summed E-state index contributed by atoms with van der Waals surface area (Å²) in [6.07, 6.45) is -1.12. The number of fused-ring (bicyclic) bond motifs is 1. The van der Waals surface area contributed by atoms with Gasteiger partial charge in [-0.2, -0.15) is 13.2 Å². The SMILES string of the molecule is COCCCn1cc(CN(C(=O)C2CN(C(=O)OC(C)(C)C)CCO2)C2CC2)c2c(C(F)(F)F)ccnc21. The molecule has 0 aromatic carbocycles. The van der Waals surface area contributed by atoms with Crippen molar-refractivity contribution in [2.45, 2.75) is 77.0 Å². The standard InChI is InChI=1S/C26H35F3N4O5/c1-25(2,3)38-24(35)32-11-13-37-20(16-32)23(34)33(18-6-7-18)15-17-14-31(10-5-12-36-4)22-21(17)19(8-9-30-22)26(27,28)29/h8-9,14,18,20H,5-7,10-13,15-16H2,1-4H3. The molecule has 1 atom stereocenters. The van der Waals surface area contributed by atoms with Crippen LogP contribution in [0.2, 0.25) is 0 Å². The van der Waals surface area contributed by atoms with E-state index < -0.39 is 29.5 Å². The fourth-order valence-corrected chi connectivity index (χ4v) is 4.64. The normalized spacial score (nSPS) is 18.6. The topological polar surface area (TPSA) is 86.1 Å². The summed E-state index contributed by atoms with van der Waals surface area (Å²) in [7, 11) is 1.57. The fourth-order valence-electron chi connectivity index (χ4n) is 4.64. The third-order valence-electron chi connectivity index (χ3n) is 6.49. The van der Waals surface area contributed by atoms with E-state index in [4.69, 9.17) is 14.2 Å². The Hall–Kier alpha value is -2.86. The lowest BCUT2D eigenvalue weighted by Crippen LogP contribution is -2.53. The molecule has 2 fully saturated rings. The van der Waals surface area contributed by atoms with Crippen LogP contribution in [0.25, 0.3) is 11.0 Å². The number of carbonyl (C=O) groups excluding carboxylic acids is 2. The van der Waals surface area contributed by atoms with Gasteiger partial charge in [-0.15, -0.1) is 0 Å². The number of carbonyl (C=O) groups is 2. The van der Waals surface area contributed by atoms with Crippen LogP contribution in [0.15, 0.2) is 18.5 Å². The lowest BCUT2D eigenvalue weighted by Gasteiger charge is -2.36. The lowest BCUT2D eigenvalue weighted by atomic mass is 10.1. The molecule has 1 saturated heterocycles. The van der Waals surface area contributed by atoms with Crippen molar-refractivity contribution in [1.82, 2.24) is 19.4 Å². The molecule has 2 aromatic heterocycles. The van der Waals surface area contributed by atoms with E-state index >= 15 is 0 Å². The van der Waals surface area contributed by atoms with Crippen molar-refractivity contribution in [3.63, 3.8) is 0 Å². The number of pyridine rings is 1. The van der Waals surface area contributed by atoms with Crippen molar-refractivity contribution in [1.29, 1.82) is 0 Å². The van der Waals surface area contributed by atoms with E-state index in [0.29, 0.717) is 25.1 Å². The van der Waals surface area contributed by atoms with Gasteiger partial charge in [-0.25, -0.2) is 9.78 Å². The zero-order valence-corrected chi connectivity index (χ0v) is 22.2. The predicted molar refractivity (Wildman–Crippen MR) is 132 cm³/mol. The maximum Gasteiger partial charge on any atom is 0.417 e. The van der Waals surface area contributed by atoms with Gasteiger partial charge in [-0.05, 0) is 51.7 Å². The summed E-state index contributed by atoms with van der Waals surface area (Å²) < 4.78 is 60.0. The molecule has 1 aliphatic heterocycles. The van der Waals surface area contributed by atoms with E-state index in [9.17, 15) is 22.8 Å². The molecule has 0 spiro atoms. The molecule has 3 heterocycles. The highest BCUT2D eigenvalue weighted by Gasteiger charge is 2.41. The molecule has 1 saturated carbocycles. The maximum absolute atomic E-state index is 14.0. The summed E-state index contributed by atoms with van der Waals surface area (Å²) in [6.45, 7) is 6.62. The average Bonchev–Trinajstić information content (AvgIpc) is 3.63. The Labute approximate surface area is 219 Å². The van der Waals surface area contributed by atoms with Crippen LogP contribution < -0.4 is 0 Å². The number of nitrogens with zero attached hydrogens (tertiary/aromatic N) is 4. The maximum atomic E-state index is 14.0. The van der Waals surface area contributed by atoms with E-state index in [-0.39, 0.29) is 49.2 Å². The predicted octanol–water partition coefficient (Wildman–Crippen LogP) is 4.22. The number of aryl methyl sites for hydroxylation is 1. The van der Waals surface area contributed by atoms with Crippen molar-refractivity contribution in [2.24, 2.45) is 0 Å². The molecule has 1 aliphatic carbocycles. The molecule has 4 rings (SSSR count). The fraction of sp³-hybridized carbons (Fsp3) is 0.654. The summed E-state index contributed by atoms with van der Waals surface area (Å²) >= 11 is 0. The highest BCUT2D eigenvalue weighted by molar-refractivity contribution is 5.87. The number of aromatic nitrogens is 2. The minimum Gasteiger partial charge on any atom is -0.444 e. The quantitative estimate of drug-likeness (QED) is 0.466. The van der Waals surface area contributed by atoms with Gasteiger partial charge in [0.25, 0.3) is 5.91 Å². The first-order valence-electron chi connectivity index (χ1n) is 12.8. The Morgan fingerprint density at radius 2 is 1.97 bits per heavy atom. The molecule has 0 bridgehead atoms. The minimum atomic E-state index is -4.58. The zero-order chi connectivity index (χ0) is 27.7.